The smallest absolute Gasteiger partial charge is 0.280 e. The molecule has 200 valence electrons. The standard InChI is InChI=1S/C28H25Cl2N5O4/c1-14(2)34-24-23(33-25(34)18-13-31-22(39-4)12-21(18)38-3)26(36)35(17-7-5-6-15(29)10-17)28(24)19-9-8-16(30)11-20(19)32-27(28)37/h5-14,27,32,37H,1-4H3. The van der Waals surface area contributed by atoms with Crippen molar-refractivity contribution in [2.75, 3.05) is 24.4 Å². The number of methoxy groups -OCH3 is 2. The third-order valence-corrected chi connectivity index (χ3v) is 7.67. The minimum atomic E-state index is -1.38. The number of aromatic nitrogens is 3. The Morgan fingerprint density at radius 1 is 1.08 bits per heavy atom. The van der Waals surface area contributed by atoms with Crippen LogP contribution in [-0.2, 0) is 5.54 Å². The number of halogens is 2. The van der Waals surface area contributed by atoms with Crippen LogP contribution in [0.5, 0.6) is 11.6 Å². The molecule has 1 spiro atoms. The summed E-state index contributed by atoms with van der Waals surface area (Å²) in [5.41, 5.74) is 1.77. The van der Waals surface area contributed by atoms with E-state index >= 15 is 0 Å². The average Bonchev–Trinajstić information content (AvgIpc) is 3.52. The minimum Gasteiger partial charge on any atom is -0.496 e. The van der Waals surface area contributed by atoms with Crippen molar-refractivity contribution >= 4 is 40.5 Å². The number of hydrogen-bond donors (Lipinski definition) is 2. The molecule has 0 saturated heterocycles. The number of aliphatic hydroxyl groups is 1. The van der Waals surface area contributed by atoms with E-state index in [1.165, 1.54) is 7.11 Å². The van der Waals surface area contributed by atoms with Crippen molar-refractivity contribution in [3.63, 3.8) is 0 Å². The highest BCUT2D eigenvalue weighted by Gasteiger charge is 2.63. The van der Waals surface area contributed by atoms with E-state index in [1.54, 1.807) is 60.7 Å². The molecule has 0 saturated carbocycles. The Morgan fingerprint density at radius 2 is 1.85 bits per heavy atom. The van der Waals surface area contributed by atoms with Gasteiger partial charge in [-0.2, -0.15) is 0 Å². The van der Waals surface area contributed by atoms with Gasteiger partial charge in [-0.15, -0.1) is 0 Å². The van der Waals surface area contributed by atoms with Crippen molar-refractivity contribution < 1.29 is 19.4 Å². The number of hydrogen-bond acceptors (Lipinski definition) is 7. The molecule has 9 nitrogen and oxygen atoms in total. The normalized spacial score (nSPS) is 19.4. The molecule has 11 heteroatoms. The van der Waals surface area contributed by atoms with Crippen molar-refractivity contribution in [1.29, 1.82) is 0 Å². The number of nitrogens with one attached hydrogen (secondary N) is 1. The molecule has 2 aromatic carbocycles. The van der Waals surface area contributed by atoms with Crippen LogP contribution < -0.4 is 19.7 Å². The Kier molecular flexibility index (Phi) is 5.98. The van der Waals surface area contributed by atoms with Crippen LogP contribution in [0.1, 0.15) is 41.6 Å². The van der Waals surface area contributed by atoms with E-state index in [-0.39, 0.29) is 17.6 Å². The fourth-order valence-corrected chi connectivity index (χ4v) is 6.04. The van der Waals surface area contributed by atoms with Crippen molar-refractivity contribution in [2.45, 2.75) is 31.7 Å². The predicted octanol–water partition coefficient (Wildman–Crippen LogP) is 5.50. The Morgan fingerprint density at radius 3 is 2.54 bits per heavy atom. The number of imidazole rings is 1. The lowest BCUT2D eigenvalue weighted by molar-refractivity contribution is 0.0913. The number of fused-ring (bicyclic) bond motifs is 4. The van der Waals surface area contributed by atoms with Gasteiger partial charge < -0.3 is 24.5 Å². The van der Waals surface area contributed by atoms with Crippen LogP contribution in [0.3, 0.4) is 0 Å². The lowest BCUT2D eigenvalue weighted by Crippen LogP contribution is -2.53. The molecule has 2 aliphatic heterocycles. The highest BCUT2D eigenvalue weighted by molar-refractivity contribution is 6.31. The Balaban J connectivity index is 1.70. The van der Waals surface area contributed by atoms with E-state index in [0.717, 1.165) is 0 Å². The van der Waals surface area contributed by atoms with Gasteiger partial charge in [0, 0.05) is 45.3 Å². The summed E-state index contributed by atoms with van der Waals surface area (Å²) in [5, 5.41) is 15.9. The molecule has 0 fully saturated rings. The van der Waals surface area contributed by atoms with Crippen molar-refractivity contribution in [2.24, 2.45) is 0 Å². The number of rotatable bonds is 5. The maximum atomic E-state index is 14.3. The molecule has 0 radical (unpaired) electrons. The fourth-order valence-electron chi connectivity index (χ4n) is 5.68. The first-order valence-corrected chi connectivity index (χ1v) is 13.0. The average molecular weight is 566 g/mol. The van der Waals surface area contributed by atoms with Crippen LogP contribution in [0, 0.1) is 0 Å². The van der Waals surface area contributed by atoms with Gasteiger partial charge in [0.1, 0.15) is 11.6 Å². The molecule has 2 aliphatic rings. The van der Waals surface area contributed by atoms with Gasteiger partial charge in [0.15, 0.2) is 17.5 Å². The summed E-state index contributed by atoms with van der Waals surface area (Å²) < 4.78 is 12.9. The van der Waals surface area contributed by atoms with Crippen LogP contribution in [0.25, 0.3) is 11.4 Å². The molecule has 2 atom stereocenters. The zero-order chi connectivity index (χ0) is 27.6. The summed E-state index contributed by atoms with van der Waals surface area (Å²) in [6.07, 6.45) is 0.379. The molecule has 2 N–H and O–H groups in total. The molecule has 39 heavy (non-hydrogen) atoms. The van der Waals surface area contributed by atoms with Gasteiger partial charge in [-0.1, -0.05) is 35.3 Å². The maximum absolute atomic E-state index is 14.3. The quantitative estimate of drug-likeness (QED) is 0.329. The molecule has 4 aromatic rings. The molecular formula is C28H25Cl2N5O4. The topological polar surface area (TPSA) is 102 Å². The maximum Gasteiger partial charge on any atom is 0.280 e. The number of pyridine rings is 1. The first-order valence-electron chi connectivity index (χ1n) is 12.3. The lowest BCUT2D eigenvalue weighted by Gasteiger charge is -2.39. The van der Waals surface area contributed by atoms with Crippen molar-refractivity contribution in [3.05, 3.63) is 81.7 Å². The van der Waals surface area contributed by atoms with Crippen LogP contribution in [-0.4, -0.2) is 46.0 Å². The molecule has 2 aromatic heterocycles. The van der Waals surface area contributed by atoms with Gasteiger partial charge in [-0.25, -0.2) is 9.97 Å². The molecule has 1 amide bonds. The van der Waals surface area contributed by atoms with Gasteiger partial charge in [0.2, 0.25) is 5.88 Å². The Labute approximate surface area is 234 Å². The van der Waals surface area contributed by atoms with E-state index in [1.807, 2.05) is 24.5 Å². The molecular weight excluding hydrogens is 541 g/mol. The molecule has 0 bridgehead atoms. The summed E-state index contributed by atoms with van der Waals surface area (Å²) >= 11 is 12.7. The fraction of sp³-hybridized carbons (Fsp3) is 0.250. The first kappa shape index (κ1) is 25.5. The first-order chi connectivity index (χ1) is 18.7. The van der Waals surface area contributed by atoms with E-state index in [0.29, 0.717) is 55.7 Å². The second-order valence-electron chi connectivity index (χ2n) is 9.65. The highest BCUT2D eigenvalue weighted by atomic mass is 35.5. The number of aliphatic hydroxyl groups excluding tert-OH is 1. The molecule has 4 heterocycles. The van der Waals surface area contributed by atoms with Crippen LogP contribution in [0.4, 0.5) is 11.4 Å². The van der Waals surface area contributed by atoms with Gasteiger partial charge in [0.05, 0.1) is 25.5 Å². The number of carbonyl (C=O) groups excluding carboxylic acids is 1. The summed E-state index contributed by atoms with van der Waals surface area (Å²) in [4.78, 5) is 25.2. The Bertz CT molecular complexity index is 1640. The number of carbonyl (C=O) groups is 1. The molecule has 2 unspecified atom stereocenters. The van der Waals surface area contributed by atoms with Crippen LogP contribution in [0.15, 0.2) is 54.7 Å². The van der Waals surface area contributed by atoms with Crippen LogP contribution in [0.2, 0.25) is 10.0 Å². The second-order valence-corrected chi connectivity index (χ2v) is 10.5. The monoisotopic (exact) mass is 565 g/mol. The van der Waals surface area contributed by atoms with Crippen molar-refractivity contribution in [3.8, 4) is 23.0 Å². The second kappa shape index (κ2) is 9.15. The van der Waals surface area contributed by atoms with Gasteiger partial charge >= 0.3 is 0 Å². The summed E-state index contributed by atoms with van der Waals surface area (Å²) in [6, 6.07) is 13.8. The van der Waals surface area contributed by atoms with E-state index in [2.05, 4.69) is 10.3 Å². The predicted molar refractivity (Wildman–Crippen MR) is 149 cm³/mol. The number of benzene rings is 2. The zero-order valence-corrected chi connectivity index (χ0v) is 23.1. The van der Waals surface area contributed by atoms with Gasteiger partial charge in [0.25, 0.3) is 5.91 Å². The third-order valence-electron chi connectivity index (χ3n) is 7.20. The summed E-state index contributed by atoms with van der Waals surface area (Å²) in [5.74, 6) is 0.969. The number of ether oxygens (including phenoxy) is 2. The van der Waals surface area contributed by atoms with Gasteiger partial charge in [-0.05, 0) is 44.2 Å². The summed E-state index contributed by atoms with van der Waals surface area (Å²) in [6.45, 7) is 3.99. The van der Waals surface area contributed by atoms with E-state index in [9.17, 15) is 9.90 Å². The lowest BCUT2D eigenvalue weighted by atomic mass is 9.86. The van der Waals surface area contributed by atoms with Crippen LogP contribution >= 0.6 is 23.2 Å². The SMILES string of the molecule is COc1cc(OC)c(-c2nc3c(n2C(C)C)C2(c4ccc(Cl)cc4NC2O)N(c2cccc(Cl)c2)C3=O)cn1. The highest BCUT2D eigenvalue weighted by Crippen LogP contribution is 2.56. The number of nitrogens with zero attached hydrogens (tertiary/aromatic N) is 4. The Hall–Kier alpha value is -3.79. The number of anilines is 2. The summed E-state index contributed by atoms with van der Waals surface area (Å²) in [7, 11) is 3.07. The number of amides is 1. The molecule has 0 aliphatic carbocycles. The van der Waals surface area contributed by atoms with E-state index < -0.39 is 11.8 Å². The third kappa shape index (κ3) is 3.53. The van der Waals surface area contributed by atoms with E-state index in [4.69, 9.17) is 37.7 Å². The largest absolute Gasteiger partial charge is 0.496 e. The van der Waals surface area contributed by atoms with Gasteiger partial charge in [-0.3, -0.25) is 9.69 Å². The zero-order valence-electron chi connectivity index (χ0n) is 21.6. The molecule has 6 rings (SSSR count). The minimum absolute atomic E-state index is 0.171. The van der Waals surface area contributed by atoms with Crippen molar-refractivity contribution in [1.82, 2.24) is 14.5 Å².